The Labute approximate surface area is 154 Å². The maximum atomic E-state index is 12.2. The fraction of sp³-hybridized carbons (Fsp3) is 0.889. The van der Waals surface area contributed by atoms with Gasteiger partial charge in [-0.05, 0) is 58.8 Å². The summed E-state index contributed by atoms with van der Waals surface area (Å²) in [7, 11) is 0. The molecule has 1 heterocycles. The highest BCUT2D eigenvalue weighted by Crippen LogP contribution is 2.61. The fourth-order valence-corrected chi connectivity index (χ4v) is 4.47. The van der Waals surface area contributed by atoms with E-state index < -0.39 is 11.0 Å². The molecule has 2 fully saturated rings. The van der Waals surface area contributed by atoms with Crippen molar-refractivity contribution < 1.29 is 24.0 Å². The quantitative estimate of drug-likeness (QED) is 0.419. The summed E-state index contributed by atoms with van der Waals surface area (Å²) in [6, 6.07) is 0. The third kappa shape index (κ3) is 5.08. The third-order valence-corrected chi connectivity index (χ3v) is 5.26. The first-order chi connectivity index (χ1) is 12.0. The molecule has 1 aliphatic carbocycles. The number of piperidine rings is 1. The number of hydrogen-bond acceptors (Lipinski definition) is 6. The molecular weight excluding hydrogens is 340 g/mol. The first-order valence-corrected chi connectivity index (χ1v) is 9.24. The average Bonchev–Trinajstić information content (AvgIpc) is 2.43. The minimum Gasteiger partial charge on any atom is -0.466 e. The summed E-state index contributed by atoms with van der Waals surface area (Å²) in [5.41, 5.74) is -1.14. The van der Waals surface area contributed by atoms with Crippen molar-refractivity contribution in [2.45, 2.75) is 65.4 Å². The van der Waals surface area contributed by atoms with Gasteiger partial charge in [-0.15, -0.1) is 0 Å². The van der Waals surface area contributed by atoms with Gasteiger partial charge in [-0.1, -0.05) is 0 Å². The highest BCUT2D eigenvalue weighted by molar-refractivity contribution is 5.70. The van der Waals surface area contributed by atoms with E-state index in [1.54, 1.807) is 11.8 Å². The number of nitro groups is 1. The molecule has 0 atom stereocenters. The number of rotatable bonds is 5. The molecular formula is C18H30N2O6. The van der Waals surface area contributed by atoms with Crippen LogP contribution in [-0.4, -0.2) is 53.7 Å². The normalized spacial score (nSPS) is 21.0. The van der Waals surface area contributed by atoms with Gasteiger partial charge in [-0.2, -0.15) is 0 Å². The standard InChI is InChI=1S/C18H30N2O6/c1-5-25-14(21)10-18(13-20(23)24)11-17(12-18)6-8-19(9-7-17)15(22)26-16(2,3)4/h5-13H2,1-4H3. The van der Waals surface area contributed by atoms with Crippen molar-refractivity contribution in [3.8, 4) is 0 Å². The van der Waals surface area contributed by atoms with Gasteiger partial charge in [-0.3, -0.25) is 14.9 Å². The van der Waals surface area contributed by atoms with Gasteiger partial charge in [0, 0.05) is 23.4 Å². The van der Waals surface area contributed by atoms with Crippen LogP contribution in [0, 0.1) is 20.9 Å². The lowest BCUT2D eigenvalue weighted by molar-refractivity contribution is -0.505. The fourth-order valence-electron chi connectivity index (χ4n) is 4.47. The average molecular weight is 370 g/mol. The van der Waals surface area contributed by atoms with Crippen LogP contribution in [-0.2, 0) is 14.3 Å². The lowest BCUT2D eigenvalue weighted by Crippen LogP contribution is -2.56. The Morgan fingerprint density at radius 3 is 2.23 bits per heavy atom. The largest absolute Gasteiger partial charge is 0.466 e. The molecule has 0 radical (unpaired) electrons. The van der Waals surface area contributed by atoms with E-state index in [2.05, 4.69) is 0 Å². The van der Waals surface area contributed by atoms with E-state index in [1.807, 2.05) is 20.8 Å². The number of esters is 1. The van der Waals surface area contributed by atoms with Crippen molar-refractivity contribution in [2.75, 3.05) is 26.2 Å². The second-order valence-electron chi connectivity index (χ2n) is 8.79. The first kappa shape index (κ1) is 20.5. The van der Waals surface area contributed by atoms with E-state index in [-0.39, 0.29) is 42.0 Å². The molecule has 2 aliphatic rings. The number of likely N-dealkylation sites (tertiary alicyclic amines) is 1. The molecule has 0 aromatic heterocycles. The molecule has 1 saturated carbocycles. The van der Waals surface area contributed by atoms with Crippen molar-refractivity contribution in [1.82, 2.24) is 4.90 Å². The Morgan fingerprint density at radius 1 is 1.19 bits per heavy atom. The number of carbonyl (C=O) groups excluding carboxylic acids is 2. The molecule has 8 nitrogen and oxygen atoms in total. The molecule has 2 rings (SSSR count). The zero-order valence-electron chi connectivity index (χ0n) is 16.2. The molecule has 0 aromatic rings. The molecule has 1 saturated heterocycles. The van der Waals surface area contributed by atoms with Crippen molar-refractivity contribution in [3.05, 3.63) is 10.1 Å². The van der Waals surface area contributed by atoms with Crippen LogP contribution in [0.25, 0.3) is 0 Å². The van der Waals surface area contributed by atoms with Gasteiger partial charge in [0.15, 0.2) is 0 Å². The Hall–Kier alpha value is -1.86. The minimum atomic E-state index is -0.607. The molecule has 1 aliphatic heterocycles. The second-order valence-corrected chi connectivity index (χ2v) is 8.79. The zero-order chi connectivity index (χ0) is 19.6. The molecule has 148 valence electrons. The number of carbonyl (C=O) groups is 2. The topological polar surface area (TPSA) is 99.0 Å². The maximum Gasteiger partial charge on any atom is 0.410 e. The van der Waals surface area contributed by atoms with E-state index >= 15 is 0 Å². The predicted molar refractivity (Wildman–Crippen MR) is 94.3 cm³/mol. The van der Waals surface area contributed by atoms with Gasteiger partial charge in [-0.25, -0.2) is 4.79 Å². The monoisotopic (exact) mass is 370 g/mol. The van der Waals surface area contributed by atoms with E-state index in [4.69, 9.17) is 9.47 Å². The van der Waals surface area contributed by atoms with Crippen LogP contribution in [0.15, 0.2) is 0 Å². The highest BCUT2D eigenvalue weighted by atomic mass is 16.6. The SMILES string of the molecule is CCOC(=O)CC1(C[N+](=O)[O-])CC2(CCN(C(=O)OC(C)(C)C)CC2)C1. The third-order valence-electron chi connectivity index (χ3n) is 5.26. The summed E-state index contributed by atoms with van der Waals surface area (Å²) in [5.74, 6) is -0.365. The number of amides is 1. The molecule has 26 heavy (non-hydrogen) atoms. The smallest absolute Gasteiger partial charge is 0.410 e. The summed E-state index contributed by atoms with van der Waals surface area (Å²) in [6.07, 6.45) is 2.64. The second kappa shape index (κ2) is 7.40. The van der Waals surface area contributed by atoms with Crippen LogP contribution in [0.1, 0.15) is 59.8 Å². The molecule has 1 amide bonds. The van der Waals surface area contributed by atoms with Crippen molar-refractivity contribution in [3.63, 3.8) is 0 Å². The lowest BCUT2D eigenvalue weighted by atomic mass is 9.48. The lowest BCUT2D eigenvalue weighted by Gasteiger charge is -2.57. The maximum absolute atomic E-state index is 12.2. The molecule has 1 spiro atoms. The minimum absolute atomic E-state index is 0.0129. The van der Waals surface area contributed by atoms with Crippen molar-refractivity contribution in [1.29, 1.82) is 0 Å². The summed E-state index contributed by atoms with van der Waals surface area (Å²) < 4.78 is 10.4. The Morgan fingerprint density at radius 2 is 1.77 bits per heavy atom. The van der Waals surface area contributed by atoms with Crippen LogP contribution in [0.4, 0.5) is 4.79 Å². The molecule has 0 unspecified atom stereocenters. The van der Waals surface area contributed by atoms with Crippen LogP contribution >= 0.6 is 0 Å². The van der Waals surface area contributed by atoms with Crippen molar-refractivity contribution >= 4 is 12.1 Å². The summed E-state index contributed by atoms with van der Waals surface area (Å²) in [6.45, 7) is 8.49. The molecule has 8 heteroatoms. The van der Waals surface area contributed by atoms with E-state index in [0.29, 0.717) is 25.9 Å². The zero-order valence-corrected chi connectivity index (χ0v) is 16.2. The Balaban J connectivity index is 1.92. The molecule has 0 aromatic carbocycles. The molecule has 0 N–H and O–H groups in total. The first-order valence-electron chi connectivity index (χ1n) is 9.24. The summed E-state index contributed by atoms with van der Waals surface area (Å²) in [5, 5.41) is 11.1. The van der Waals surface area contributed by atoms with Gasteiger partial charge in [0.05, 0.1) is 13.0 Å². The van der Waals surface area contributed by atoms with E-state index in [9.17, 15) is 19.7 Å². The predicted octanol–water partition coefficient (Wildman–Crippen LogP) is 3.01. The van der Waals surface area contributed by atoms with E-state index in [1.165, 1.54) is 0 Å². The number of nitrogens with zero attached hydrogens (tertiary/aromatic N) is 2. The Kier molecular flexibility index (Phi) is 5.82. The van der Waals surface area contributed by atoms with Crippen molar-refractivity contribution in [2.24, 2.45) is 10.8 Å². The highest BCUT2D eigenvalue weighted by Gasteiger charge is 2.58. The van der Waals surface area contributed by atoms with Gasteiger partial charge in [0.1, 0.15) is 5.60 Å². The van der Waals surface area contributed by atoms with Gasteiger partial charge >= 0.3 is 12.1 Å². The number of ether oxygens (including phenoxy) is 2. The Bertz CT molecular complexity index is 553. The number of hydrogen-bond donors (Lipinski definition) is 0. The molecule has 0 bridgehead atoms. The summed E-state index contributed by atoms with van der Waals surface area (Å²) in [4.78, 5) is 36.5. The van der Waals surface area contributed by atoms with Gasteiger partial charge in [0.25, 0.3) is 0 Å². The van der Waals surface area contributed by atoms with Crippen LogP contribution in [0.3, 0.4) is 0 Å². The van der Waals surface area contributed by atoms with Gasteiger partial charge in [0.2, 0.25) is 6.54 Å². The van der Waals surface area contributed by atoms with Gasteiger partial charge < -0.3 is 14.4 Å². The van der Waals surface area contributed by atoms with Crippen LogP contribution < -0.4 is 0 Å². The van der Waals surface area contributed by atoms with E-state index in [0.717, 1.165) is 12.8 Å². The van der Waals surface area contributed by atoms with Crippen LogP contribution in [0.2, 0.25) is 0 Å². The van der Waals surface area contributed by atoms with Crippen LogP contribution in [0.5, 0.6) is 0 Å². The summed E-state index contributed by atoms with van der Waals surface area (Å²) >= 11 is 0.